The van der Waals surface area contributed by atoms with E-state index in [1.807, 2.05) is 0 Å². The van der Waals surface area contributed by atoms with Gasteiger partial charge >= 0.3 is 0 Å². The average Bonchev–Trinajstić information content (AvgIpc) is 2.67. The molecule has 0 N–H and O–H groups in total. The quantitative estimate of drug-likeness (QED) is 0.639. The molecule has 2 aliphatic rings. The van der Waals surface area contributed by atoms with Crippen molar-refractivity contribution in [1.82, 2.24) is 9.80 Å². The van der Waals surface area contributed by atoms with Gasteiger partial charge in [-0.1, -0.05) is 13.3 Å². The summed E-state index contributed by atoms with van der Waals surface area (Å²) in [6.07, 6.45) is 5.74. The molecule has 0 aromatic rings. The molecule has 2 fully saturated rings. The van der Waals surface area contributed by atoms with Gasteiger partial charge in [-0.25, -0.2) is 0 Å². The minimum Gasteiger partial charge on any atom is -0.302 e. The summed E-state index contributed by atoms with van der Waals surface area (Å²) in [6.45, 7) is 8.90. The molecule has 0 bridgehead atoms. The summed E-state index contributed by atoms with van der Waals surface area (Å²) in [6, 6.07) is 0.889. The third-order valence-electron chi connectivity index (χ3n) is 3.60. The van der Waals surface area contributed by atoms with E-state index in [0.717, 1.165) is 6.04 Å². The molecule has 2 saturated heterocycles. The minimum atomic E-state index is 0.889. The molecular formula is C11H22N2. The lowest BCUT2D eigenvalue weighted by molar-refractivity contribution is 0.163. The third-order valence-corrected chi connectivity index (χ3v) is 3.60. The van der Waals surface area contributed by atoms with E-state index in [-0.39, 0.29) is 0 Å². The molecule has 2 aliphatic heterocycles. The Bertz CT molecular complexity index is 152. The highest BCUT2D eigenvalue weighted by atomic mass is 15.2. The summed E-state index contributed by atoms with van der Waals surface area (Å²) in [4.78, 5) is 5.30. The monoisotopic (exact) mass is 182 g/mol. The molecule has 0 spiro atoms. The molecule has 76 valence electrons. The van der Waals surface area contributed by atoms with Crippen LogP contribution in [0.25, 0.3) is 0 Å². The average molecular weight is 182 g/mol. The van der Waals surface area contributed by atoms with Crippen LogP contribution < -0.4 is 0 Å². The van der Waals surface area contributed by atoms with E-state index in [4.69, 9.17) is 0 Å². The van der Waals surface area contributed by atoms with Crippen LogP contribution in [0.1, 0.15) is 32.6 Å². The predicted molar refractivity (Wildman–Crippen MR) is 55.9 cm³/mol. The lowest BCUT2D eigenvalue weighted by Crippen LogP contribution is -2.40. The van der Waals surface area contributed by atoms with Crippen molar-refractivity contribution in [3.05, 3.63) is 0 Å². The number of hydrogen-bond acceptors (Lipinski definition) is 2. The fourth-order valence-electron chi connectivity index (χ4n) is 2.68. The van der Waals surface area contributed by atoms with Crippen molar-refractivity contribution in [3.63, 3.8) is 0 Å². The first-order valence-electron chi connectivity index (χ1n) is 5.86. The molecule has 2 rings (SSSR count). The third kappa shape index (κ3) is 2.23. The maximum absolute atomic E-state index is 2.72. The summed E-state index contributed by atoms with van der Waals surface area (Å²) in [5.74, 6) is 0. The Morgan fingerprint density at radius 1 is 1.08 bits per heavy atom. The number of rotatable bonds is 2. The molecule has 2 nitrogen and oxygen atoms in total. The first kappa shape index (κ1) is 9.47. The van der Waals surface area contributed by atoms with E-state index in [1.165, 1.54) is 58.4 Å². The molecule has 0 aromatic carbocycles. The second-order valence-corrected chi connectivity index (χ2v) is 4.43. The summed E-state index contributed by atoms with van der Waals surface area (Å²) in [5, 5.41) is 0. The van der Waals surface area contributed by atoms with Gasteiger partial charge in [-0.3, -0.25) is 4.90 Å². The van der Waals surface area contributed by atoms with E-state index < -0.39 is 0 Å². The number of hydrogen-bond donors (Lipinski definition) is 0. The smallest absolute Gasteiger partial charge is 0.0235 e. The second kappa shape index (κ2) is 4.43. The van der Waals surface area contributed by atoms with Gasteiger partial charge in [-0.05, 0) is 45.4 Å². The van der Waals surface area contributed by atoms with Gasteiger partial charge in [-0.2, -0.15) is 0 Å². The van der Waals surface area contributed by atoms with Crippen molar-refractivity contribution in [2.45, 2.75) is 38.6 Å². The highest BCUT2D eigenvalue weighted by molar-refractivity contribution is 4.84. The number of piperidine rings is 1. The van der Waals surface area contributed by atoms with Crippen LogP contribution in [0.5, 0.6) is 0 Å². The predicted octanol–water partition coefficient (Wildman–Crippen LogP) is 1.57. The first-order chi connectivity index (χ1) is 6.40. The van der Waals surface area contributed by atoms with Crippen molar-refractivity contribution in [1.29, 1.82) is 0 Å². The summed E-state index contributed by atoms with van der Waals surface area (Å²) >= 11 is 0. The van der Waals surface area contributed by atoms with Crippen molar-refractivity contribution < 1.29 is 0 Å². The van der Waals surface area contributed by atoms with Crippen LogP contribution in [0.4, 0.5) is 0 Å². The number of likely N-dealkylation sites (tertiary alicyclic amines) is 2. The fourth-order valence-corrected chi connectivity index (χ4v) is 2.68. The molecule has 0 saturated carbocycles. The zero-order valence-corrected chi connectivity index (χ0v) is 8.84. The van der Waals surface area contributed by atoms with Crippen LogP contribution in [0, 0.1) is 0 Å². The summed E-state index contributed by atoms with van der Waals surface area (Å²) in [5.41, 5.74) is 0. The number of nitrogens with zero attached hydrogens (tertiary/aromatic N) is 2. The van der Waals surface area contributed by atoms with Crippen LogP contribution in [0.15, 0.2) is 0 Å². The van der Waals surface area contributed by atoms with Gasteiger partial charge in [0, 0.05) is 12.6 Å². The van der Waals surface area contributed by atoms with Crippen molar-refractivity contribution >= 4 is 0 Å². The maximum atomic E-state index is 2.72. The van der Waals surface area contributed by atoms with Crippen LogP contribution >= 0.6 is 0 Å². The van der Waals surface area contributed by atoms with Crippen molar-refractivity contribution in [2.75, 3.05) is 32.7 Å². The molecular weight excluding hydrogens is 160 g/mol. The fraction of sp³-hybridized carbons (Fsp3) is 1.00. The standard InChI is InChI=1S/C11H22N2/c1-2-12-9-6-11(10-12)13-7-4-3-5-8-13/h11H,2-10H2,1H3. The Balaban J connectivity index is 1.80. The van der Waals surface area contributed by atoms with Gasteiger partial charge in [0.1, 0.15) is 0 Å². The lowest BCUT2D eigenvalue weighted by atomic mass is 10.1. The van der Waals surface area contributed by atoms with Crippen LogP contribution in [0.3, 0.4) is 0 Å². The Morgan fingerprint density at radius 2 is 1.85 bits per heavy atom. The van der Waals surface area contributed by atoms with E-state index in [0.29, 0.717) is 0 Å². The Kier molecular flexibility index (Phi) is 3.23. The number of likely N-dealkylation sites (N-methyl/N-ethyl adjacent to an activating group) is 1. The molecule has 1 atom stereocenters. The van der Waals surface area contributed by atoms with Gasteiger partial charge in [0.2, 0.25) is 0 Å². The minimum absolute atomic E-state index is 0.889. The lowest BCUT2D eigenvalue weighted by Gasteiger charge is -2.32. The Hall–Kier alpha value is -0.0800. The zero-order chi connectivity index (χ0) is 9.10. The van der Waals surface area contributed by atoms with Crippen LogP contribution in [-0.2, 0) is 0 Å². The molecule has 0 amide bonds. The maximum Gasteiger partial charge on any atom is 0.0235 e. The van der Waals surface area contributed by atoms with Gasteiger partial charge in [0.15, 0.2) is 0 Å². The molecule has 2 heteroatoms. The van der Waals surface area contributed by atoms with Gasteiger partial charge in [0.05, 0.1) is 0 Å². The van der Waals surface area contributed by atoms with E-state index in [2.05, 4.69) is 16.7 Å². The summed E-state index contributed by atoms with van der Waals surface area (Å²) < 4.78 is 0. The van der Waals surface area contributed by atoms with E-state index in [9.17, 15) is 0 Å². The van der Waals surface area contributed by atoms with E-state index in [1.54, 1.807) is 0 Å². The summed E-state index contributed by atoms with van der Waals surface area (Å²) in [7, 11) is 0. The zero-order valence-electron chi connectivity index (χ0n) is 8.84. The van der Waals surface area contributed by atoms with Crippen LogP contribution in [-0.4, -0.2) is 48.6 Å². The normalized spacial score (nSPS) is 32.5. The molecule has 0 radical (unpaired) electrons. The molecule has 0 aliphatic carbocycles. The molecule has 13 heavy (non-hydrogen) atoms. The van der Waals surface area contributed by atoms with Crippen molar-refractivity contribution in [3.8, 4) is 0 Å². The SMILES string of the molecule is CCN1CCC(N2CCCCC2)C1. The van der Waals surface area contributed by atoms with Gasteiger partial charge < -0.3 is 4.90 Å². The van der Waals surface area contributed by atoms with E-state index >= 15 is 0 Å². The molecule has 0 aromatic heterocycles. The van der Waals surface area contributed by atoms with Crippen LogP contribution in [0.2, 0.25) is 0 Å². The highest BCUT2D eigenvalue weighted by Crippen LogP contribution is 2.19. The Labute approximate surface area is 81.9 Å². The van der Waals surface area contributed by atoms with Crippen molar-refractivity contribution in [2.24, 2.45) is 0 Å². The second-order valence-electron chi connectivity index (χ2n) is 4.43. The molecule has 1 unspecified atom stereocenters. The topological polar surface area (TPSA) is 6.48 Å². The first-order valence-corrected chi connectivity index (χ1v) is 5.86. The highest BCUT2D eigenvalue weighted by Gasteiger charge is 2.27. The van der Waals surface area contributed by atoms with Gasteiger partial charge in [-0.15, -0.1) is 0 Å². The Morgan fingerprint density at radius 3 is 2.46 bits per heavy atom. The van der Waals surface area contributed by atoms with Gasteiger partial charge in [0.25, 0.3) is 0 Å². The largest absolute Gasteiger partial charge is 0.302 e. The molecule has 2 heterocycles.